The third-order valence-corrected chi connectivity index (χ3v) is 5.13. The van der Waals surface area contributed by atoms with Gasteiger partial charge < -0.3 is 5.32 Å². The maximum Gasteiger partial charge on any atom is 0.276 e. The molecule has 2 N–H and O–H groups in total. The zero-order valence-corrected chi connectivity index (χ0v) is 14.6. The number of rotatable bonds is 6. The molecule has 0 atom stereocenters. The first kappa shape index (κ1) is 17.2. The minimum absolute atomic E-state index is 0.0498. The number of hydrogen-bond donors (Lipinski definition) is 2. The van der Waals surface area contributed by atoms with Crippen molar-refractivity contribution >= 4 is 27.3 Å². The molecule has 25 heavy (non-hydrogen) atoms. The van der Waals surface area contributed by atoms with E-state index in [1.165, 1.54) is 12.1 Å². The van der Waals surface area contributed by atoms with Crippen LogP contribution in [0, 0.1) is 5.92 Å². The van der Waals surface area contributed by atoms with E-state index >= 15 is 0 Å². The van der Waals surface area contributed by atoms with Crippen LogP contribution in [-0.2, 0) is 14.8 Å². The molecule has 0 unspecified atom stereocenters. The molecule has 6 nitrogen and oxygen atoms in total. The highest BCUT2D eigenvalue weighted by molar-refractivity contribution is 7.89. The molecular formula is C18H19N3O3S. The minimum Gasteiger partial charge on any atom is -0.326 e. The van der Waals surface area contributed by atoms with E-state index in [-0.39, 0.29) is 16.7 Å². The highest BCUT2D eigenvalue weighted by Crippen LogP contribution is 2.30. The van der Waals surface area contributed by atoms with Gasteiger partial charge in [-0.15, -0.1) is 0 Å². The maximum absolute atomic E-state index is 12.1. The topological polar surface area (TPSA) is 87.6 Å². The molecule has 2 aromatic carbocycles. The second-order valence-corrected chi connectivity index (χ2v) is 7.61. The normalized spacial score (nSPS) is 14.8. The summed E-state index contributed by atoms with van der Waals surface area (Å²) in [5, 5.41) is 6.82. The summed E-state index contributed by atoms with van der Waals surface area (Å²) < 4.78 is 24.3. The van der Waals surface area contributed by atoms with Crippen LogP contribution in [0.2, 0.25) is 0 Å². The van der Waals surface area contributed by atoms with Crippen molar-refractivity contribution in [2.45, 2.75) is 24.7 Å². The summed E-state index contributed by atoms with van der Waals surface area (Å²) in [5.74, 6) is 0.198. The Kier molecular flexibility index (Phi) is 4.85. The zero-order chi connectivity index (χ0) is 17.9. The zero-order valence-electron chi connectivity index (χ0n) is 13.8. The number of benzene rings is 2. The Morgan fingerprint density at radius 3 is 2.28 bits per heavy atom. The minimum atomic E-state index is -3.68. The van der Waals surface area contributed by atoms with Gasteiger partial charge in [0.15, 0.2) is 0 Å². The van der Waals surface area contributed by atoms with Gasteiger partial charge in [0, 0.05) is 11.6 Å². The molecule has 0 heterocycles. The number of nitrogens with zero attached hydrogens (tertiary/aromatic N) is 1. The number of sulfonamides is 1. The van der Waals surface area contributed by atoms with Crippen molar-refractivity contribution < 1.29 is 13.2 Å². The molecule has 7 heteroatoms. The maximum atomic E-state index is 12.1. The average Bonchev–Trinajstić information content (AvgIpc) is 3.46. The molecular weight excluding hydrogens is 338 g/mol. The van der Waals surface area contributed by atoms with Crippen LogP contribution in [-0.4, -0.2) is 20.0 Å². The van der Waals surface area contributed by atoms with Crippen LogP contribution < -0.4 is 10.1 Å². The van der Waals surface area contributed by atoms with Gasteiger partial charge in [0.05, 0.1) is 10.6 Å². The van der Waals surface area contributed by atoms with Crippen molar-refractivity contribution in [2.75, 3.05) is 5.32 Å². The molecule has 130 valence electrons. The summed E-state index contributed by atoms with van der Waals surface area (Å²) in [6.45, 7) is 1.71. The fraction of sp³-hybridized carbons (Fsp3) is 0.222. The summed E-state index contributed by atoms with van der Waals surface area (Å²) in [6.07, 6.45) is 1.91. The Morgan fingerprint density at radius 2 is 1.68 bits per heavy atom. The smallest absolute Gasteiger partial charge is 0.276 e. The van der Waals surface area contributed by atoms with Crippen LogP contribution in [0.25, 0.3) is 0 Å². The number of nitrogens with one attached hydrogen (secondary N) is 2. The van der Waals surface area contributed by atoms with Crippen molar-refractivity contribution in [2.24, 2.45) is 11.0 Å². The molecule has 3 rings (SSSR count). The molecule has 1 saturated carbocycles. The van der Waals surface area contributed by atoms with Crippen molar-refractivity contribution in [1.29, 1.82) is 0 Å². The van der Waals surface area contributed by atoms with Gasteiger partial charge in [-0.05, 0) is 49.6 Å². The lowest BCUT2D eigenvalue weighted by molar-refractivity contribution is -0.117. The van der Waals surface area contributed by atoms with Crippen LogP contribution in [0.3, 0.4) is 0 Å². The number of carbonyl (C=O) groups excluding carboxylic acids is 1. The van der Waals surface area contributed by atoms with E-state index in [2.05, 4.69) is 15.2 Å². The predicted molar refractivity (Wildman–Crippen MR) is 96.8 cm³/mol. The summed E-state index contributed by atoms with van der Waals surface area (Å²) in [5.41, 5.74) is 2.01. The molecule has 1 aliphatic carbocycles. The lowest BCUT2D eigenvalue weighted by Gasteiger charge is -2.07. The lowest BCUT2D eigenvalue weighted by atomic mass is 10.1. The van der Waals surface area contributed by atoms with Gasteiger partial charge in [-0.2, -0.15) is 18.4 Å². The second-order valence-electron chi connectivity index (χ2n) is 5.95. The van der Waals surface area contributed by atoms with E-state index in [1.54, 1.807) is 49.4 Å². The number of hydrazone groups is 1. The summed E-state index contributed by atoms with van der Waals surface area (Å²) >= 11 is 0. The third kappa shape index (κ3) is 4.45. The Morgan fingerprint density at radius 1 is 1.04 bits per heavy atom. The molecule has 0 radical (unpaired) electrons. The quantitative estimate of drug-likeness (QED) is 0.615. The summed E-state index contributed by atoms with van der Waals surface area (Å²) in [4.78, 5) is 14.1. The standard InChI is InChI=1S/C18H19N3O3S/c1-13(20-21-25(23,24)17-5-3-2-4-6-17)14-9-11-16(12-10-14)19-18(22)15-7-8-15/h2-6,9-12,15,21H,7-8H2,1H3,(H,19,22)/b20-13+. The largest absolute Gasteiger partial charge is 0.326 e. The van der Waals surface area contributed by atoms with Gasteiger partial charge in [0.2, 0.25) is 5.91 Å². The van der Waals surface area contributed by atoms with Gasteiger partial charge >= 0.3 is 0 Å². The van der Waals surface area contributed by atoms with Gasteiger partial charge in [-0.25, -0.2) is 0 Å². The van der Waals surface area contributed by atoms with Crippen molar-refractivity contribution in [3.8, 4) is 0 Å². The monoisotopic (exact) mass is 357 g/mol. The van der Waals surface area contributed by atoms with E-state index < -0.39 is 10.0 Å². The van der Waals surface area contributed by atoms with Gasteiger partial charge in [-0.1, -0.05) is 30.3 Å². The van der Waals surface area contributed by atoms with E-state index in [1.807, 2.05) is 0 Å². The van der Waals surface area contributed by atoms with E-state index in [4.69, 9.17) is 0 Å². The van der Waals surface area contributed by atoms with Crippen LogP contribution >= 0.6 is 0 Å². The van der Waals surface area contributed by atoms with Gasteiger partial charge in [0.1, 0.15) is 0 Å². The molecule has 0 saturated heterocycles. The number of anilines is 1. The molecule has 0 aromatic heterocycles. The summed E-state index contributed by atoms with van der Waals surface area (Å²) in [6, 6.07) is 15.2. The van der Waals surface area contributed by atoms with E-state index in [9.17, 15) is 13.2 Å². The van der Waals surface area contributed by atoms with Crippen LogP contribution in [0.1, 0.15) is 25.3 Å². The molecule has 0 spiro atoms. The predicted octanol–water partition coefficient (Wildman–Crippen LogP) is 2.74. The second kappa shape index (κ2) is 7.06. The van der Waals surface area contributed by atoms with Crippen molar-refractivity contribution in [1.82, 2.24) is 4.83 Å². The van der Waals surface area contributed by atoms with Crippen molar-refractivity contribution in [3.05, 3.63) is 60.2 Å². The van der Waals surface area contributed by atoms with E-state index in [0.717, 1.165) is 24.1 Å². The first-order valence-electron chi connectivity index (χ1n) is 7.98. The first-order chi connectivity index (χ1) is 12.0. The fourth-order valence-electron chi connectivity index (χ4n) is 2.23. The Balaban J connectivity index is 1.66. The van der Waals surface area contributed by atoms with Crippen LogP contribution in [0.5, 0.6) is 0 Å². The third-order valence-electron chi connectivity index (χ3n) is 3.91. The fourth-order valence-corrected chi connectivity index (χ4v) is 3.11. The average molecular weight is 357 g/mol. The Hall–Kier alpha value is -2.67. The molecule has 1 aliphatic rings. The molecule has 0 aliphatic heterocycles. The van der Waals surface area contributed by atoms with Crippen LogP contribution in [0.4, 0.5) is 5.69 Å². The molecule has 2 aromatic rings. The van der Waals surface area contributed by atoms with Crippen LogP contribution in [0.15, 0.2) is 64.6 Å². The van der Waals surface area contributed by atoms with Crippen molar-refractivity contribution in [3.63, 3.8) is 0 Å². The highest BCUT2D eigenvalue weighted by atomic mass is 32.2. The molecule has 1 fully saturated rings. The molecule has 0 bridgehead atoms. The van der Waals surface area contributed by atoms with E-state index in [0.29, 0.717) is 5.71 Å². The first-order valence-corrected chi connectivity index (χ1v) is 9.46. The SMILES string of the molecule is C/C(=N\NS(=O)(=O)c1ccccc1)c1ccc(NC(=O)C2CC2)cc1. The lowest BCUT2D eigenvalue weighted by Crippen LogP contribution is -2.19. The number of hydrogen-bond acceptors (Lipinski definition) is 4. The molecule has 1 amide bonds. The van der Waals surface area contributed by atoms with Gasteiger partial charge in [-0.3, -0.25) is 4.79 Å². The highest BCUT2D eigenvalue weighted by Gasteiger charge is 2.29. The summed E-state index contributed by atoms with van der Waals surface area (Å²) in [7, 11) is -3.68. The Bertz CT molecular complexity index is 887. The Labute approximate surface area is 147 Å². The number of amides is 1. The number of carbonyl (C=O) groups is 1. The van der Waals surface area contributed by atoms with Gasteiger partial charge in [0.25, 0.3) is 10.0 Å².